The number of aromatic nitrogens is 2. The van der Waals surface area contributed by atoms with E-state index in [1.54, 1.807) is 6.20 Å². The molecule has 0 aromatic carbocycles. The van der Waals surface area contributed by atoms with Crippen LogP contribution in [0.4, 0.5) is 0 Å². The van der Waals surface area contributed by atoms with E-state index < -0.39 is 0 Å². The van der Waals surface area contributed by atoms with Gasteiger partial charge in [-0.2, -0.15) is 0 Å². The van der Waals surface area contributed by atoms with Crippen molar-refractivity contribution in [3.05, 3.63) is 48.4 Å². The molecule has 1 amide bonds. The lowest BCUT2D eigenvalue weighted by Gasteiger charge is -2.27. The summed E-state index contributed by atoms with van der Waals surface area (Å²) in [5, 5.41) is 0.786. The molecule has 1 saturated heterocycles. The molecule has 116 valence electrons. The Balaban J connectivity index is 1.72. The quantitative estimate of drug-likeness (QED) is 0.813. The van der Waals surface area contributed by atoms with Crippen LogP contribution < -0.4 is 0 Å². The predicted molar refractivity (Wildman–Crippen MR) is 88.7 cm³/mol. The summed E-state index contributed by atoms with van der Waals surface area (Å²) in [5.74, 6) is 0.208. The first kappa shape index (κ1) is 15.2. The highest BCUT2D eigenvalue weighted by Crippen LogP contribution is 2.34. The number of hydrogen-bond acceptors (Lipinski definition) is 3. The number of aryl methyl sites for hydroxylation is 1. The van der Waals surface area contributed by atoms with Crippen molar-refractivity contribution in [1.29, 1.82) is 0 Å². The maximum absolute atomic E-state index is 12.8. The van der Waals surface area contributed by atoms with Crippen LogP contribution in [0.1, 0.15) is 31.5 Å². The predicted octanol–water partition coefficient (Wildman–Crippen LogP) is 3.26. The number of hydrogen-bond donors (Lipinski definition) is 0. The van der Waals surface area contributed by atoms with Gasteiger partial charge < -0.3 is 9.47 Å². The largest absolute Gasteiger partial charge is 0.353 e. The molecule has 2 atom stereocenters. The van der Waals surface area contributed by atoms with E-state index in [2.05, 4.69) is 15.6 Å². The van der Waals surface area contributed by atoms with Gasteiger partial charge in [-0.25, -0.2) is 4.98 Å². The molecular formula is C17H21N3OS. The number of carbonyl (C=O) groups is 1. The zero-order valence-electron chi connectivity index (χ0n) is 13.0. The fraction of sp³-hybridized carbons (Fsp3) is 0.412. The molecule has 2 aromatic rings. The first-order valence-corrected chi connectivity index (χ1v) is 8.54. The minimum absolute atomic E-state index is 0.115. The zero-order valence-corrected chi connectivity index (χ0v) is 13.8. The van der Waals surface area contributed by atoms with Crippen molar-refractivity contribution in [2.75, 3.05) is 6.54 Å². The summed E-state index contributed by atoms with van der Waals surface area (Å²) in [6, 6.07) is 10.2. The summed E-state index contributed by atoms with van der Waals surface area (Å²) in [5.41, 5.74) is 1.22. The molecule has 5 heteroatoms. The fourth-order valence-electron chi connectivity index (χ4n) is 3.04. The van der Waals surface area contributed by atoms with Crippen LogP contribution in [-0.4, -0.2) is 32.2 Å². The van der Waals surface area contributed by atoms with Gasteiger partial charge in [-0.15, -0.1) is 0 Å². The number of nitrogens with zero attached hydrogens (tertiary/aromatic N) is 3. The van der Waals surface area contributed by atoms with E-state index in [-0.39, 0.29) is 17.2 Å². The fourth-order valence-corrected chi connectivity index (χ4v) is 3.92. The smallest absolute Gasteiger partial charge is 0.236 e. The molecule has 3 rings (SSSR count). The summed E-state index contributed by atoms with van der Waals surface area (Å²) in [6.07, 6.45) is 5.93. The number of pyridine rings is 1. The molecule has 0 N–H and O–H groups in total. The minimum Gasteiger partial charge on any atom is -0.353 e. The van der Waals surface area contributed by atoms with Crippen molar-refractivity contribution in [2.45, 2.75) is 36.1 Å². The highest BCUT2D eigenvalue weighted by molar-refractivity contribution is 8.00. The monoisotopic (exact) mass is 315 g/mol. The second-order valence-electron chi connectivity index (χ2n) is 5.66. The van der Waals surface area contributed by atoms with Gasteiger partial charge in [-0.3, -0.25) is 4.79 Å². The molecule has 0 aliphatic carbocycles. The average Bonchev–Trinajstić information content (AvgIpc) is 3.15. The molecule has 0 bridgehead atoms. The van der Waals surface area contributed by atoms with Gasteiger partial charge >= 0.3 is 0 Å². The Kier molecular flexibility index (Phi) is 4.52. The summed E-state index contributed by atoms with van der Waals surface area (Å²) in [7, 11) is 2.04. The van der Waals surface area contributed by atoms with Crippen LogP contribution >= 0.6 is 11.8 Å². The lowest BCUT2D eigenvalue weighted by Crippen LogP contribution is -2.36. The molecule has 22 heavy (non-hydrogen) atoms. The molecule has 4 nitrogen and oxygen atoms in total. The van der Waals surface area contributed by atoms with Gasteiger partial charge in [0.2, 0.25) is 5.91 Å². The maximum atomic E-state index is 12.8. The lowest BCUT2D eigenvalue weighted by atomic mass is 10.1. The lowest BCUT2D eigenvalue weighted by molar-refractivity contribution is -0.131. The van der Waals surface area contributed by atoms with Crippen molar-refractivity contribution in [3.8, 4) is 0 Å². The summed E-state index contributed by atoms with van der Waals surface area (Å²) in [6.45, 7) is 2.82. The topological polar surface area (TPSA) is 38.1 Å². The molecule has 0 spiro atoms. The van der Waals surface area contributed by atoms with Crippen LogP contribution in [-0.2, 0) is 11.8 Å². The number of thioether (sulfide) groups is 1. The van der Waals surface area contributed by atoms with E-state index in [9.17, 15) is 4.79 Å². The molecule has 0 unspecified atom stereocenters. The second-order valence-corrected chi connectivity index (χ2v) is 7.02. The van der Waals surface area contributed by atoms with Gasteiger partial charge in [-0.1, -0.05) is 17.8 Å². The Morgan fingerprint density at radius 3 is 2.91 bits per heavy atom. The zero-order chi connectivity index (χ0) is 15.5. The van der Waals surface area contributed by atoms with Crippen molar-refractivity contribution in [1.82, 2.24) is 14.5 Å². The van der Waals surface area contributed by atoms with E-state index in [1.807, 2.05) is 49.3 Å². The number of likely N-dealkylation sites (tertiary alicyclic amines) is 1. The van der Waals surface area contributed by atoms with Gasteiger partial charge in [0.1, 0.15) is 0 Å². The summed E-state index contributed by atoms with van der Waals surface area (Å²) < 4.78 is 2.12. The SMILES string of the molecule is C[C@@H](Sc1ccccn1)C(=O)N1CCC[C@H]1c1cccn1C. The van der Waals surface area contributed by atoms with Gasteiger partial charge in [0.25, 0.3) is 0 Å². The third-order valence-corrected chi connectivity index (χ3v) is 5.18. The summed E-state index contributed by atoms with van der Waals surface area (Å²) >= 11 is 1.53. The summed E-state index contributed by atoms with van der Waals surface area (Å²) in [4.78, 5) is 19.2. The first-order valence-electron chi connectivity index (χ1n) is 7.66. The maximum Gasteiger partial charge on any atom is 0.236 e. The Morgan fingerprint density at radius 2 is 2.23 bits per heavy atom. The van der Waals surface area contributed by atoms with E-state index >= 15 is 0 Å². The minimum atomic E-state index is -0.115. The van der Waals surface area contributed by atoms with Crippen molar-refractivity contribution >= 4 is 17.7 Å². The highest BCUT2D eigenvalue weighted by Gasteiger charge is 2.33. The molecule has 0 saturated carbocycles. The molecule has 1 aliphatic heterocycles. The van der Waals surface area contributed by atoms with Crippen LogP contribution in [0.2, 0.25) is 0 Å². The van der Waals surface area contributed by atoms with E-state index in [0.717, 1.165) is 24.4 Å². The van der Waals surface area contributed by atoms with Crippen LogP contribution in [0.25, 0.3) is 0 Å². The normalized spacial score (nSPS) is 19.4. The standard InChI is InChI=1S/C17H21N3OS/c1-13(22-16-9-3-4-10-18-16)17(21)20-12-6-8-15(20)14-7-5-11-19(14)2/h3-5,7,9-11,13,15H,6,8,12H2,1-2H3/t13-,15+/m1/s1. The van der Waals surface area contributed by atoms with Crippen molar-refractivity contribution < 1.29 is 4.79 Å². The Hall–Kier alpha value is -1.75. The first-order chi connectivity index (χ1) is 10.7. The van der Waals surface area contributed by atoms with Crippen molar-refractivity contribution in [2.24, 2.45) is 7.05 Å². The third kappa shape index (κ3) is 3.04. The van der Waals surface area contributed by atoms with E-state index in [0.29, 0.717) is 0 Å². The Labute approximate surface area is 135 Å². The Morgan fingerprint density at radius 1 is 1.36 bits per heavy atom. The molecule has 3 heterocycles. The average molecular weight is 315 g/mol. The molecule has 1 fully saturated rings. The van der Waals surface area contributed by atoms with Crippen LogP contribution in [0.3, 0.4) is 0 Å². The van der Waals surface area contributed by atoms with Crippen LogP contribution in [0.15, 0.2) is 47.8 Å². The van der Waals surface area contributed by atoms with Gasteiger partial charge in [0.05, 0.1) is 16.3 Å². The molecular weight excluding hydrogens is 294 g/mol. The van der Waals surface area contributed by atoms with E-state index in [1.165, 1.54) is 17.5 Å². The Bertz CT molecular complexity index is 640. The number of amides is 1. The third-order valence-electron chi connectivity index (χ3n) is 4.14. The molecule has 1 aliphatic rings. The molecule has 0 radical (unpaired) electrons. The highest BCUT2D eigenvalue weighted by atomic mass is 32.2. The van der Waals surface area contributed by atoms with Gasteiger partial charge in [0.15, 0.2) is 0 Å². The van der Waals surface area contributed by atoms with Gasteiger partial charge in [0, 0.05) is 31.7 Å². The molecule has 2 aromatic heterocycles. The van der Waals surface area contributed by atoms with Gasteiger partial charge in [-0.05, 0) is 44.0 Å². The number of carbonyl (C=O) groups excluding carboxylic acids is 1. The number of rotatable bonds is 4. The second kappa shape index (κ2) is 6.57. The van der Waals surface area contributed by atoms with Crippen molar-refractivity contribution in [3.63, 3.8) is 0 Å². The van der Waals surface area contributed by atoms with Crippen LogP contribution in [0, 0.1) is 0 Å². The van der Waals surface area contributed by atoms with E-state index in [4.69, 9.17) is 0 Å². The van der Waals surface area contributed by atoms with Crippen LogP contribution in [0.5, 0.6) is 0 Å².